The zero-order valence-corrected chi connectivity index (χ0v) is 9.73. The first-order valence-electron chi connectivity index (χ1n) is 5.70. The topological polar surface area (TPSA) is 46.3 Å². The molecule has 0 radical (unpaired) electrons. The minimum Gasteiger partial charge on any atom is -0.441 e. The summed E-state index contributed by atoms with van der Waals surface area (Å²) < 4.78 is 5.42. The first-order chi connectivity index (χ1) is 7.72. The van der Waals surface area contributed by atoms with Crippen LogP contribution in [0.2, 0.25) is 0 Å². The molecule has 1 heterocycles. The molecule has 0 aliphatic carbocycles. The Hall–Kier alpha value is -1.35. The summed E-state index contributed by atoms with van der Waals surface area (Å²) in [5, 5.41) is 9.17. The summed E-state index contributed by atoms with van der Waals surface area (Å²) in [6.07, 6.45) is 1.89. The Morgan fingerprint density at radius 2 is 2.25 bits per heavy atom. The Kier molecular flexibility index (Phi) is 3.25. The summed E-state index contributed by atoms with van der Waals surface area (Å²) >= 11 is 0. The van der Waals surface area contributed by atoms with Crippen LogP contribution in [-0.4, -0.2) is 16.7 Å². The van der Waals surface area contributed by atoms with Crippen molar-refractivity contribution in [3.05, 3.63) is 29.7 Å². The molecule has 3 nitrogen and oxygen atoms in total. The second-order valence-corrected chi connectivity index (χ2v) is 4.20. The van der Waals surface area contributed by atoms with Gasteiger partial charge in [-0.1, -0.05) is 19.4 Å². The van der Waals surface area contributed by atoms with Gasteiger partial charge in [0, 0.05) is 13.5 Å². The first-order valence-corrected chi connectivity index (χ1v) is 5.70. The highest BCUT2D eigenvalue weighted by Crippen LogP contribution is 2.19. The summed E-state index contributed by atoms with van der Waals surface area (Å²) in [6.45, 7) is 4.19. The van der Waals surface area contributed by atoms with Gasteiger partial charge < -0.3 is 9.52 Å². The molecule has 16 heavy (non-hydrogen) atoms. The molecule has 3 heteroatoms. The van der Waals surface area contributed by atoms with E-state index in [9.17, 15) is 5.11 Å². The number of aliphatic hydroxyl groups excluding tert-OH is 1. The standard InChI is InChI=1S/C13H17NO2/c1-3-10(8-15)6-11-4-5-13-12(7-11)14-9(2)16-13/h4-5,7,10,15H,3,6,8H2,1-2H3. The predicted molar refractivity (Wildman–Crippen MR) is 63.3 cm³/mol. The Labute approximate surface area is 95.1 Å². The van der Waals surface area contributed by atoms with Crippen molar-refractivity contribution in [1.29, 1.82) is 0 Å². The molecule has 0 amide bonds. The molecule has 1 aromatic carbocycles. The van der Waals surface area contributed by atoms with E-state index in [0.717, 1.165) is 23.9 Å². The lowest BCUT2D eigenvalue weighted by Crippen LogP contribution is -2.07. The van der Waals surface area contributed by atoms with Crippen LogP contribution < -0.4 is 0 Å². The van der Waals surface area contributed by atoms with E-state index in [4.69, 9.17) is 4.42 Å². The molecule has 1 unspecified atom stereocenters. The van der Waals surface area contributed by atoms with Crippen molar-refractivity contribution in [2.45, 2.75) is 26.7 Å². The van der Waals surface area contributed by atoms with E-state index in [1.54, 1.807) is 0 Å². The van der Waals surface area contributed by atoms with Crippen molar-refractivity contribution in [3.63, 3.8) is 0 Å². The first kappa shape index (κ1) is 11.1. The molecular formula is C13H17NO2. The average Bonchev–Trinajstić information content (AvgIpc) is 2.65. The summed E-state index contributed by atoms with van der Waals surface area (Å²) in [6, 6.07) is 6.05. The molecule has 86 valence electrons. The van der Waals surface area contributed by atoms with E-state index in [2.05, 4.69) is 11.9 Å². The lowest BCUT2D eigenvalue weighted by atomic mass is 9.98. The number of hydrogen-bond acceptors (Lipinski definition) is 3. The van der Waals surface area contributed by atoms with Gasteiger partial charge in [-0.15, -0.1) is 0 Å². The van der Waals surface area contributed by atoms with Crippen LogP contribution in [0.3, 0.4) is 0 Å². The van der Waals surface area contributed by atoms with Gasteiger partial charge in [0.2, 0.25) is 0 Å². The third-order valence-electron chi connectivity index (χ3n) is 2.92. The predicted octanol–water partition coefficient (Wildman–Crippen LogP) is 2.70. The van der Waals surface area contributed by atoms with Crippen molar-refractivity contribution < 1.29 is 9.52 Å². The SMILES string of the molecule is CCC(CO)Cc1ccc2oc(C)nc2c1. The van der Waals surface area contributed by atoms with Crippen LogP contribution in [0.15, 0.2) is 22.6 Å². The molecular weight excluding hydrogens is 202 g/mol. The maximum atomic E-state index is 9.17. The molecule has 0 bridgehead atoms. The van der Waals surface area contributed by atoms with Crippen LogP contribution in [0.1, 0.15) is 24.8 Å². The van der Waals surface area contributed by atoms with Gasteiger partial charge in [-0.25, -0.2) is 4.98 Å². The molecule has 0 spiro atoms. The number of hydrogen-bond donors (Lipinski definition) is 1. The Morgan fingerprint density at radius 1 is 1.44 bits per heavy atom. The zero-order valence-electron chi connectivity index (χ0n) is 9.73. The minimum absolute atomic E-state index is 0.242. The number of oxazole rings is 1. The quantitative estimate of drug-likeness (QED) is 0.860. The maximum absolute atomic E-state index is 9.17. The van der Waals surface area contributed by atoms with Crippen LogP contribution in [0.25, 0.3) is 11.1 Å². The second-order valence-electron chi connectivity index (χ2n) is 4.20. The van der Waals surface area contributed by atoms with Crippen molar-refractivity contribution in [3.8, 4) is 0 Å². The van der Waals surface area contributed by atoms with Gasteiger partial charge in [0.1, 0.15) is 5.52 Å². The molecule has 0 fully saturated rings. The maximum Gasteiger partial charge on any atom is 0.192 e. The molecule has 0 aliphatic heterocycles. The Morgan fingerprint density at radius 3 is 2.94 bits per heavy atom. The average molecular weight is 219 g/mol. The minimum atomic E-state index is 0.242. The van der Waals surface area contributed by atoms with E-state index < -0.39 is 0 Å². The number of benzene rings is 1. The molecule has 1 N–H and O–H groups in total. The number of aliphatic hydroxyl groups is 1. The summed E-state index contributed by atoms with van der Waals surface area (Å²) in [4.78, 5) is 4.30. The molecule has 0 saturated heterocycles. The largest absolute Gasteiger partial charge is 0.441 e. The molecule has 1 atom stereocenters. The van der Waals surface area contributed by atoms with E-state index >= 15 is 0 Å². The van der Waals surface area contributed by atoms with Crippen molar-refractivity contribution in [2.24, 2.45) is 5.92 Å². The van der Waals surface area contributed by atoms with Crippen molar-refractivity contribution >= 4 is 11.1 Å². The van der Waals surface area contributed by atoms with E-state index in [1.165, 1.54) is 5.56 Å². The van der Waals surface area contributed by atoms with Crippen LogP contribution in [0, 0.1) is 12.8 Å². The second kappa shape index (κ2) is 4.66. The number of nitrogens with zero attached hydrogens (tertiary/aromatic N) is 1. The third kappa shape index (κ3) is 2.25. The fraction of sp³-hybridized carbons (Fsp3) is 0.462. The van der Waals surface area contributed by atoms with Gasteiger partial charge in [-0.05, 0) is 30.0 Å². The van der Waals surface area contributed by atoms with Gasteiger partial charge in [0.05, 0.1) is 0 Å². The lowest BCUT2D eigenvalue weighted by Gasteiger charge is -2.10. The Balaban J connectivity index is 2.24. The fourth-order valence-electron chi connectivity index (χ4n) is 1.89. The van der Waals surface area contributed by atoms with Gasteiger partial charge in [-0.3, -0.25) is 0 Å². The van der Waals surface area contributed by atoms with Crippen LogP contribution in [0.4, 0.5) is 0 Å². The van der Waals surface area contributed by atoms with Crippen LogP contribution >= 0.6 is 0 Å². The van der Waals surface area contributed by atoms with Gasteiger partial charge in [0.15, 0.2) is 11.5 Å². The van der Waals surface area contributed by atoms with E-state index in [1.807, 2.05) is 25.1 Å². The lowest BCUT2D eigenvalue weighted by molar-refractivity contribution is 0.222. The van der Waals surface area contributed by atoms with E-state index in [-0.39, 0.29) is 6.61 Å². The highest BCUT2D eigenvalue weighted by atomic mass is 16.3. The molecule has 2 rings (SSSR count). The highest BCUT2D eigenvalue weighted by molar-refractivity contribution is 5.73. The zero-order chi connectivity index (χ0) is 11.5. The summed E-state index contributed by atoms with van der Waals surface area (Å²) in [5.41, 5.74) is 2.95. The van der Waals surface area contributed by atoms with E-state index in [0.29, 0.717) is 11.8 Å². The number of fused-ring (bicyclic) bond motifs is 1. The summed E-state index contributed by atoms with van der Waals surface area (Å²) in [7, 11) is 0. The van der Waals surface area contributed by atoms with Gasteiger partial charge >= 0.3 is 0 Å². The molecule has 0 saturated carbocycles. The molecule has 0 aliphatic rings. The van der Waals surface area contributed by atoms with Crippen LogP contribution in [-0.2, 0) is 6.42 Å². The number of rotatable bonds is 4. The van der Waals surface area contributed by atoms with Gasteiger partial charge in [0.25, 0.3) is 0 Å². The number of aromatic nitrogens is 1. The normalized spacial score (nSPS) is 13.2. The third-order valence-corrected chi connectivity index (χ3v) is 2.92. The van der Waals surface area contributed by atoms with Crippen LogP contribution in [0.5, 0.6) is 0 Å². The van der Waals surface area contributed by atoms with Crippen molar-refractivity contribution in [2.75, 3.05) is 6.61 Å². The monoisotopic (exact) mass is 219 g/mol. The Bertz CT molecular complexity index is 472. The highest BCUT2D eigenvalue weighted by Gasteiger charge is 2.08. The molecule has 2 aromatic rings. The van der Waals surface area contributed by atoms with Crippen molar-refractivity contribution in [1.82, 2.24) is 4.98 Å². The van der Waals surface area contributed by atoms with Gasteiger partial charge in [-0.2, -0.15) is 0 Å². The molecule has 1 aromatic heterocycles. The summed E-state index contributed by atoms with van der Waals surface area (Å²) in [5.74, 6) is 1.03. The number of aryl methyl sites for hydroxylation is 1. The smallest absolute Gasteiger partial charge is 0.192 e. The fourth-order valence-corrected chi connectivity index (χ4v) is 1.89.